The summed E-state index contributed by atoms with van der Waals surface area (Å²) in [7, 11) is 1.81. The van der Waals surface area contributed by atoms with Gasteiger partial charge in [0.2, 0.25) is 0 Å². The maximum atomic E-state index is 5.48. The molecule has 1 aliphatic rings. The van der Waals surface area contributed by atoms with Crippen molar-refractivity contribution in [3.8, 4) is 0 Å². The largest absolute Gasteiger partial charge is 0.379 e. The number of nitrogens with zero attached hydrogens (tertiary/aromatic N) is 1. The number of nitrogens with one attached hydrogen (secondary N) is 1. The quantitative estimate of drug-likeness (QED) is 0.675. The first-order valence-corrected chi connectivity index (χ1v) is 7.55. The van der Waals surface area contributed by atoms with Gasteiger partial charge in [-0.1, -0.05) is 6.92 Å². The molecule has 3 heteroatoms. The molecule has 0 bridgehead atoms. The van der Waals surface area contributed by atoms with Gasteiger partial charge in [-0.3, -0.25) is 0 Å². The summed E-state index contributed by atoms with van der Waals surface area (Å²) in [5.41, 5.74) is 0.0273. The van der Waals surface area contributed by atoms with Crippen molar-refractivity contribution >= 4 is 0 Å². The van der Waals surface area contributed by atoms with E-state index in [1.165, 1.54) is 52.0 Å². The maximum absolute atomic E-state index is 5.48. The van der Waals surface area contributed by atoms with Crippen molar-refractivity contribution in [2.75, 3.05) is 39.8 Å². The van der Waals surface area contributed by atoms with E-state index in [1.54, 1.807) is 0 Å². The Morgan fingerprint density at radius 3 is 2.50 bits per heavy atom. The van der Waals surface area contributed by atoms with Gasteiger partial charge in [0.15, 0.2) is 0 Å². The van der Waals surface area contributed by atoms with Crippen LogP contribution in [0.15, 0.2) is 0 Å². The monoisotopic (exact) mass is 256 g/mol. The zero-order valence-corrected chi connectivity index (χ0v) is 12.8. The Bertz CT molecular complexity index is 211. The summed E-state index contributed by atoms with van der Waals surface area (Å²) in [5, 5.41) is 3.55. The highest BCUT2D eigenvalue weighted by Crippen LogP contribution is 2.19. The fraction of sp³-hybridized carbons (Fsp3) is 1.00. The van der Waals surface area contributed by atoms with Crippen molar-refractivity contribution in [1.29, 1.82) is 0 Å². The highest BCUT2D eigenvalue weighted by molar-refractivity contribution is 4.76. The van der Waals surface area contributed by atoms with Crippen molar-refractivity contribution in [3.63, 3.8) is 0 Å². The predicted molar refractivity (Wildman–Crippen MR) is 78.0 cm³/mol. The minimum Gasteiger partial charge on any atom is -0.379 e. The van der Waals surface area contributed by atoms with Crippen molar-refractivity contribution in [2.45, 2.75) is 52.1 Å². The van der Waals surface area contributed by atoms with Crippen molar-refractivity contribution < 1.29 is 4.74 Å². The lowest BCUT2D eigenvalue weighted by Gasteiger charge is -2.34. The molecule has 108 valence electrons. The molecular weight excluding hydrogens is 224 g/mol. The van der Waals surface area contributed by atoms with Gasteiger partial charge in [-0.05, 0) is 71.6 Å². The minimum atomic E-state index is 0.0273. The minimum absolute atomic E-state index is 0.0273. The molecule has 0 aromatic heterocycles. The van der Waals surface area contributed by atoms with E-state index in [-0.39, 0.29) is 5.60 Å². The van der Waals surface area contributed by atoms with Crippen LogP contribution in [0.1, 0.15) is 46.5 Å². The van der Waals surface area contributed by atoms with Gasteiger partial charge in [-0.2, -0.15) is 0 Å². The van der Waals surface area contributed by atoms with E-state index in [0.29, 0.717) is 0 Å². The SMILES string of the molecule is CCCNCC1CCN(CCC(C)(C)OC)CC1. The highest BCUT2D eigenvalue weighted by Gasteiger charge is 2.22. The Balaban J connectivity index is 2.11. The van der Waals surface area contributed by atoms with Crippen LogP contribution in [0.4, 0.5) is 0 Å². The van der Waals surface area contributed by atoms with Gasteiger partial charge in [0, 0.05) is 13.7 Å². The fourth-order valence-electron chi connectivity index (χ4n) is 2.43. The summed E-state index contributed by atoms with van der Waals surface area (Å²) in [4.78, 5) is 2.59. The number of hydrogen-bond acceptors (Lipinski definition) is 3. The van der Waals surface area contributed by atoms with Gasteiger partial charge < -0.3 is 15.0 Å². The number of rotatable bonds is 8. The third-order valence-electron chi connectivity index (χ3n) is 4.15. The van der Waals surface area contributed by atoms with Gasteiger partial charge in [0.25, 0.3) is 0 Å². The first-order chi connectivity index (χ1) is 8.57. The predicted octanol–water partition coefficient (Wildman–Crippen LogP) is 2.51. The van der Waals surface area contributed by atoms with Crippen LogP contribution in [0.3, 0.4) is 0 Å². The van der Waals surface area contributed by atoms with Crippen LogP contribution in [0.2, 0.25) is 0 Å². The second-order valence-electron chi connectivity index (χ2n) is 6.20. The van der Waals surface area contributed by atoms with Crippen LogP contribution < -0.4 is 5.32 Å². The molecule has 0 unspecified atom stereocenters. The third-order valence-corrected chi connectivity index (χ3v) is 4.15. The van der Waals surface area contributed by atoms with E-state index in [1.807, 2.05) is 7.11 Å². The Morgan fingerprint density at radius 2 is 1.94 bits per heavy atom. The summed E-state index contributed by atoms with van der Waals surface area (Å²) in [6.45, 7) is 12.7. The standard InChI is InChI=1S/C15H32N2O/c1-5-9-16-13-14-6-10-17(11-7-14)12-8-15(2,3)18-4/h14,16H,5-13H2,1-4H3. The van der Waals surface area contributed by atoms with Gasteiger partial charge in [-0.15, -0.1) is 0 Å². The van der Waals surface area contributed by atoms with Crippen molar-refractivity contribution in [3.05, 3.63) is 0 Å². The van der Waals surface area contributed by atoms with Gasteiger partial charge in [-0.25, -0.2) is 0 Å². The average Bonchev–Trinajstić information content (AvgIpc) is 2.38. The first-order valence-electron chi connectivity index (χ1n) is 7.55. The van der Waals surface area contributed by atoms with Crippen LogP contribution in [-0.2, 0) is 4.74 Å². The van der Waals surface area contributed by atoms with Crippen LogP contribution in [-0.4, -0.2) is 50.3 Å². The van der Waals surface area contributed by atoms with E-state index >= 15 is 0 Å². The number of methoxy groups -OCH3 is 1. The van der Waals surface area contributed by atoms with Crippen LogP contribution in [0.5, 0.6) is 0 Å². The Labute approximate surface area is 113 Å². The lowest BCUT2D eigenvalue weighted by molar-refractivity contribution is 0.00490. The smallest absolute Gasteiger partial charge is 0.0634 e. The topological polar surface area (TPSA) is 24.5 Å². The molecule has 0 aliphatic carbocycles. The van der Waals surface area contributed by atoms with E-state index in [4.69, 9.17) is 4.74 Å². The number of piperidine rings is 1. The normalized spacial score (nSPS) is 19.3. The molecule has 1 saturated heterocycles. The number of likely N-dealkylation sites (tertiary alicyclic amines) is 1. The first kappa shape index (κ1) is 15.9. The molecule has 0 saturated carbocycles. The Morgan fingerprint density at radius 1 is 1.28 bits per heavy atom. The van der Waals surface area contributed by atoms with E-state index in [0.717, 1.165) is 12.3 Å². The molecule has 1 aliphatic heterocycles. The summed E-state index contributed by atoms with van der Waals surface area (Å²) >= 11 is 0. The zero-order chi connectivity index (χ0) is 13.4. The third kappa shape index (κ3) is 6.17. The molecule has 0 aromatic carbocycles. The number of hydrogen-bond donors (Lipinski definition) is 1. The van der Waals surface area contributed by atoms with E-state index in [2.05, 4.69) is 31.0 Å². The lowest BCUT2D eigenvalue weighted by Crippen LogP contribution is -2.40. The summed E-state index contributed by atoms with van der Waals surface area (Å²) in [5.74, 6) is 0.892. The molecule has 0 amide bonds. The molecule has 3 nitrogen and oxygen atoms in total. The molecule has 0 atom stereocenters. The molecule has 1 N–H and O–H groups in total. The van der Waals surface area contributed by atoms with Crippen molar-refractivity contribution in [2.24, 2.45) is 5.92 Å². The van der Waals surface area contributed by atoms with Crippen molar-refractivity contribution in [1.82, 2.24) is 10.2 Å². The van der Waals surface area contributed by atoms with Gasteiger partial charge in [0.1, 0.15) is 0 Å². The Hall–Kier alpha value is -0.120. The second kappa shape index (κ2) is 8.13. The molecule has 0 radical (unpaired) electrons. The molecule has 18 heavy (non-hydrogen) atoms. The van der Waals surface area contributed by atoms with Gasteiger partial charge >= 0.3 is 0 Å². The van der Waals surface area contributed by atoms with Crippen LogP contribution in [0, 0.1) is 5.92 Å². The molecule has 1 heterocycles. The average molecular weight is 256 g/mol. The van der Waals surface area contributed by atoms with Crippen LogP contribution >= 0.6 is 0 Å². The van der Waals surface area contributed by atoms with Gasteiger partial charge in [0.05, 0.1) is 5.60 Å². The molecule has 0 aromatic rings. The lowest BCUT2D eigenvalue weighted by atomic mass is 9.96. The fourth-order valence-corrected chi connectivity index (χ4v) is 2.43. The summed E-state index contributed by atoms with van der Waals surface area (Å²) < 4.78 is 5.48. The van der Waals surface area contributed by atoms with Crippen LogP contribution in [0.25, 0.3) is 0 Å². The second-order valence-corrected chi connectivity index (χ2v) is 6.20. The molecular formula is C15H32N2O. The molecule has 1 fully saturated rings. The molecule has 0 spiro atoms. The zero-order valence-electron chi connectivity index (χ0n) is 12.8. The maximum Gasteiger partial charge on any atom is 0.0634 e. The molecule has 1 rings (SSSR count). The van der Waals surface area contributed by atoms with E-state index < -0.39 is 0 Å². The van der Waals surface area contributed by atoms with E-state index in [9.17, 15) is 0 Å². The number of ether oxygens (including phenoxy) is 1. The highest BCUT2D eigenvalue weighted by atomic mass is 16.5. The summed E-state index contributed by atoms with van der Waals surface area (Å²) in [6.07, 6.45) is 5.07. The Kier molecular flexibility index (Phi) is 7.20. The summed E-state index contributed by atoms with van der Waals surface area (Å²) in [6, 6.07) is 0.